The monoisotopic (exact) mass is 238 g/mol. The van der Waals surface area contributed by atoms with E-state index in [9.17, 15) is 5.11 Å². The average Bonchev–Trinajstić information content (AvgIpc) is 2.27. The van der Waals surface area contributed by atoms with E-state index in [2.05, 4.69) is 9.97 Å². The molecule has 0 aromatic carbocycles. The van der Waals surface area contributed by atoms with E-state index >= 15 is 0 Å². The van der Waals surface area contributed by atoms with Crippen LogP contribution in [0.25, 0.3) is 0 Å². The molecule has 1 aliphatic rings. The first-order valence-electron chi connectivity index (χ1n) is 5.65. The first-order chi connectivity index (χ1) is 8.11. The number of nitrogens with zero attached hydrogens (tertiary/aromatic N) is 3. The molecule has 1 fully saturated rings. The third kappa shape index (κ3) is 2.41. The second kappa shape index (κ2) is 4.75. The van der Waals surface area contributed by atoms with Crippen LogP contribution >= 0.6 is 0 Å². The Bertz CT molecular complexity index is 393. The number of aromatic nitrogens is 2. The fourth-order valence-corrected chi connectivity index (χ4v) is 2.16. The van der Waals surface area contributed by atoms with Crippen molar-refractivity contribution in [1.29, 1.82) is 0 Å². The number of hydrogen-bond donors (Lipinski definition) is 2. The molecule has 3 N–H and O–H groups in total. The number of nitrogen functional groups attached to an aromatic ring is 1. The Balaban J connectivity index is 2.05. The maximum absolute atomic E-state index is 9.25. The van der Waals surface area contributed by atoms with E-state index in [1.165, 1.54) is 13.4 Å². The molecular formula is C11H18N4O2. The van der Waals surface area contributed by atoms with Crippen LogP contribution in [0.3, 0.4) is 0 Å². The summed E-state index contributed by atoms with van der Waals surface area (Å²) in [6.07, 6.45) is 3.01. The van der Waals surface area contributed by atoms with Gasteiger partial charge in [-0.15, -0.1) is 0 Å². The van der Waals surface area contributed by atoms with Gasteiger partial charge in [0.1, 0.15) is 12.0 Å². The minimum Gasteiger partial charge on any atom is -0.479 e. The molecule has 1 saturated carbocycles. The van der Waals surface area contributed by atoms with E-state index in [1.54, 1.807) is 0 Å². The average molecular weight is 238 g/mol. The van der Waals surface area contributed by atoms with Crippen LogP contribution in [0, 0.1) is 5.92 Å². The molecular weight excluding hydrogens is 220 g/mol. The zero-order chi connectivity index (χ0) is 12.4. The van der Waals surface area contributed by atoms with Crippen molar-refractivity contribution in [3.8, 4) is 5.88 Å². The molecule has 0 atom stereocenters. The lowest BCUT2D eigenvalue weighted by Crippen LogP contribution is -2.37. The second-order valence-electron chi connectivity index (χ2n) is 4.49. The molecule has 6 heteroatoms. The third-order valence-electron chi connectivity index (χ3n) is 3.12. The van der Waals surface area contributed by atoms with Gasteiger partial charge in [-0.1, -0.05) is 0 Å². The fourth-order valence-electron chi connectivity index (χ4n) is 2.16. The topological polar surface area (TPSA) is 84.5 Å². The second-order valence-corrected chi connectivity index (χ2v) is 4.49. The Labute approximate surface area is 100 Å². The van der Waals surface area contributed by atoms with E-state index < -0.39 is 0 Å². The van der Waals surface area contributed by atoms with Crippen molar-refractivity contribution in [2.75, 3.05) is 31.3 Å². The highest BCUT2D eigenvalue weighted by Crippen LogP contribution is 2.31. The lowest BCUT2D eigenvalue weighted by Gasteiger charge is -2.35. The Kier molecular flexibility index (Phi) is 3.33. The first-order valence-corrected chi connectivity index (χ1v) is 5.65. The van der Waals surface area contributed by atoms with Crippen LogP contribution in [0.15, 0.2) is 6.33 Å². The molecule has 0 aliphatic heterocycles. The summed E-state index contributed by atoms with van der Waals surface area (Å²) in [4.78, 5) is 10.1. The largest absolute Gasteiger partial charge is 0.479 e. The predicted octanol–water partition coefficient (Wildman–Crippen LogP) is 0.274. The summed E-state index contributed by atoms with van der Waals surface area (Å²) in [7, 11) is 3.47. The lowest BCUT2D eigenvalue weighted by molar-refractivity contribution is 0.0464. The van der Waals surface area contributed by atoms with E-state index in [4.69, 9.17) is 10.5 Å². The highest BCUT2D eigenvalue weighted by Gasteiger charge is 2.28. The Morgan fingerprint density at radius 2 is 2.24 bits per heavy atom. The first kappa shape index (κ1) is 11.9. The van der Waals surface area contributed by atoms with Crippen molar-refractivity contribution in [1.82, 2.24) is 9.97 Å². The molecule has 2 rings (SSSR count). The maximum atomic E-state index is 9.25. The smallest absolute Gasteiger partial charge is 0.242 e. The molecule has 0 bridgehead atoms. The van der Waals surface area contributed by atoms with Gasteiger partial charge in [-0.2, -0.15) is 4.98 Å². The summed E-state index contributed by atoms with van der Waals surface area (Å²) < 4.78 is 5.06. The molecule has 6 nitrogen and oxygen atoms in total. The Hall–Kier alpha value is -1.56. The van der Waals surface area contributed by atoms with Crippen LogP contribution in [-0.2, 0) is 0 Å². The van der Waals surface area contributed by atoms with E-state index in [1.807, 2.05) is 11.9 Å². The number of methoxy groups -OCH3 is 1. The van der Waals surface area contributed by atoms with Crippen LogP contribution in [-0.4, -0.2) is 41.9 Å². The maximum Gasteiger partial charge on any atom is 0.242 e. The summed E-state index contributed by atoms with van der Waals surface area (Å²) >= 11 is 0. The summed E-state index contributed by atoms with van der Waals surface area (Å²) in [5.74, 6) is 1.59. The minimum atomic E-state index is -0.134. The Morgan fingerprint density at radius 1 is 1.53 bits per heavy atom. The van der Waals surface area contributed by atoms with Crippen molar-refractivity contribution in [2.24, 2.45) is 5.92 Å². The number of aliphatic hydroxyl groups excluding tert-OH is 1. The van der Waals surface area contributed by atoms with Crippen LogP contribution in [0.5, 0.6) is 5.88 Å². The number of anilines is 2. The quantitative estimate of drug-likeness (QED) is 0.783. The van der Waals surface area contributed by atoms with Crippen LogP contribution in [0.1, 0.15) is 12.8 Å². The number of rotatable bonds is 4. The van der Waals surface area contributed by atoms with Gasteiger partial charge in [0.25, 0.3) is 0 Å². The molecule has 0 saturated heterocycles. The SMILES string of the molecule is COc1ncnc(N(C)CC2CC(O)C2)c1N. The van der Waals surface area contributed by atoms with Crippen LogP contribution in [0.4, 0.5) is 11.5 Å². The normalized spacial score (nSPS) is 23.0. The molecule has 0 amide bonds. The van der Waals surface area contributed by atoms with Gasteiger partial charge in [0.05, 0.1) is 13.2 Å². The summed E-state index contributed by atoms with van der Waals surface area (Å²) in [6.45, 7) is 0.835. The van der Waals surface area contributed by atoms with Gasteiger partial charge in [-0.05, 0) is 18.8 Å². The van der Waals surface area contributed by atoms with Crippen LogP contribution < -0.4 is 15.4 Å². The van der Waals surface area contributed by atoms with E-state index in [0.717, 1.165) is 19.4 Å². The molecule has 1 heterocycles. The van der Waals surface area contributed by atoms with Crippen LogP contribution in [0.2, 0.25) is 0 Å². The highest BCUT2D eigenvalue weighted by molar-refractivity contribution is 5.67. The van der Waals surface area contributed by atoms with Gasteiger partial charge in [-0.25, -0.2) is 4.98 Å². The Morgan fingerprint density at radius 3 is 2.82 bits per heavy atom. The van der Waals surface area contributed by atoms with Gasteiger partial charge in [-0.3, -0.25) is 0 Å². The summed E-state index contributed by atoms with van der Waals surface area (Å²) in [5.41, 5.74) is 6.37. The molecule has 94 valence electrons. The predicted molar refractivity (Wildman–Crippen MR) is 65.0 cm³/mol. The van der Waals surface area contributed by atoms with Crippen molar-refractivity contribution in [3.05, 3.63) is 6.33 Å². The van der Waals surface area contributed by atoms with Crippen molar-refractivity contribution in [2.45, 2.75) is 18.9 Å². The van der Waals surface area contributed by atoms with E-state index in [-0.39, 0.29) is 6.10 Å². The van der Waals surface area contributed by atoms with Crippen molar-refractivity contribution < 1.29 is 9.84 Å². The number of hydrogen-bond acceptors (Lipinski definition) is 6. The number of aliphatic hydroxyl groups is 1. The molecule has 1 aromatic rings. The molecule has 17 heavy (non-hydrogen) atoms. The number of ether oxygens (including phenoxy) is 1. The zero-order valence-electron chi connectivity index (χ0n) is 10.1. The highest BCUT2D eigenvalue weighted by atomic mass is 16.5. The van der Waals surface area contributed by atoms with Gasteiger partial charge >= 0.3 is 0 Å². The molecule has 1 aliphatic carbocycles. The van der Waals surface area contributed by atoms with Gasteiger partial charge in [0.2, 0.25) is 5.88 Å². The third-order valence-corrected chi connectivity index (χ3v) is 3.12. The fraction of sp³-hybridized carbons (Fsp3) is 0.636. The minimum absolute atomic E-state index is 0.134. The summed E-state index contributed by atoms with van der Waals surface area (Å²) in [5, 5.41) is 9.25. The van der Waals surface area contributed by atoms with Crippen molar-refractivity contribution in [3.63, 3.8) is 0 Å². The molecule has 0 spiro atoms. The lowest BCUT2D eigenvalue weighted by atomic mass is 9.82. The van der Waals surface area contributed by atoms with Gasteiger partial charge in [0, 0.05) is 13.6 Å². The van der Waals surface area contributed by atoms with Crippen molar-refractivity contribution >= 4 is 11.5 Å². The standard InChI is InChI=1S/C11H18N4O2/c1-15(5-7-3-8(16)4-7)10-9(12)11(17-2)14-6-13-10/h6-8,16H,3-5,12H2,1-2H3. The number of nitrogens with two attached hydrogens (primary N) is 1. The summed E-state index contributed by atoms with van der Waals surface area (Å²) in [6, 6.07) is 0. The van der Waals surface area contributed by atoms with Gasteiger partial charge < -0.3 is 20.5 Å². The molecule has 1 aromatic heterocycles. The zero-order valence-corrected chi connectivity index (χ0v) is 10.1. The molecule has 0 radical (unpaired) electrons. The van der Waals surface area contributed by atoms with E-state index in [0.29, 0.717) is 23.3 Å². The molecule has 0 unspecified atom stereocenters. The van der Waals surface area contributed by atoms with Gasteiger partial charge in [0.15, 0.2) is 5.82 Å².